The molecule has 0 radical (unpaired) electrons. The molecule has 0 aromatic carbocycles. The van der Waals surface area contributed by atoms with E-state index >= 15 is 0 Å². The van der Waals surface area contributed by atoms with Crippen LogP contribution in [0.15, 0.2) is 29.3 Å². The summed E-state index contributed by atoms with van der Waals surface area (Å²) in [5, 5.41) is 2.92. The molecule has 0 fully saturated rings. The zero-order valence-corrected chi connectivity index (χ0v) is 15.6. The number of nitrogens with zero attached hydrogens (tertiary/aromatic N) is 3. The number of amides is 1. The first kappa shape index (κ1) is 19.1. The molecule has 6 heteroatoms. The van der Waals surface area contributed by atoms with E-state index < -0.39 is 0 Å². The van der Waals surface area contributed by atoms with E-state index in [0.717, 1.165) is 38.0 Å². The van der Waals surface area contributed by atoms with Crippen LogP contribution in [-0.4, -0.2) is 45.9 Å². The molecule has 1 unspecified atom stereocenters. The van der Waals surface area contributed by atoms with E-state index in [1.807, 2.05) is 19.9 Å². The summed E-state index contributed by atoms with van der Waals surface area (Å²) < 4.78 is 1.43. The van der Waals surface area contributed by atoms with E-state index in [9.17, 15) is 9.59 Å². The summed E-state index contributed by atoms with van der Waals surface area (Å²) in [5.41, 5.74) is 1.23. The van der Waals surface area contributed by atoms with Crippen molar-refractivity contribution in [3.8, 4) is 0 Å². The summed E-state index contributed by atoms with van der Waals surface area (Å²) >= 11 is 0. The van der Waals surface area contributed by atoms with Crippen molar-refractivity contribution < 1.29 is 4.79 Å². The zero-order chi connectivity index (χ0) is 18.4. The second kappa shape index (κ2) is 8.76. The van der Waals surface area contributed by atoms with Crippen LogP contribution >= 0.6 is 0 Å². The molecule has 0 saturated heterocycles. The molecule has 0 aliphatic rings. The van der Waals surface area contributed by atoms with Crippen LogP contribution in [0, 0.1) is 6.92 Å². The number of hydrogen-bond donors (Lipinski definition) is 1. The third-order valence-corrected chi connectivity index (χ3v) is 4.48. The molecule has 1 N–H and O–H groups in total. The Kier molecular flexibility index (Phi) is 6.70. The summed E-state index contributed by atoms with van der Waals surface area (Å²) in [4.78, 5) is 31.6. The van der Waals surface area contributed by atoms with Gasteiger partial charge in [0.2, 0.25) is 0 Å². The maximum absolute atomic E-state index is 12.5. The predicted molar refractivity (Wildman–Crippen MR) is 100 cm³/mol. The average molecular weight is 344 g/mol. The highest BCUT2D eigenvalue weighted by Gasteiger charge is 2.15. The Hall–Kier alpha value is -2.21. The van der Waals surface area contributed by atoms with Crippen molar-refractivity contribution >= 4 is 11.6 Å². The number of aryl methyl sites for hydroxylation is 1. The van der Waals surface area contributed by atoms with E-state index in [1.54, 1.807) is 12.3 Å². The van der Waals surface area contributed by atoms with Crippen molar-refractivity contribution in [1.29, 1.82) is 0 Å². The molecule has 0 aliphatic heterocycles. The van der Waals surface area contributed by atoms with Gasteiger partial charge in [0.05, 0.1) is 0 Å². The maximum Gasteiger partial charge on any atom is 0.270 e. The van der Waals surface area contributed by atoms with Gasteiger partial charge in [0.15, 0.2) is 0 Å². The molecule has 25 heavy (non-hydrogen) atoms. The van der Waals surface area contributed by atoms with E-state index in [2.05, 4.69) is 29.0 Å². The molecule has 2 aromatic heterocycles. The molecule has 6 nitrogen and oxygen atoms in total. The number of aromatic nitrogens is 2. The molecule has 0 saturated carbocycles. The first-order valence-electron chi connectivity index (χ1n) is 8.97. The average Bonchev–Trinajstić information content (AvgIpc) is 2.59. The van der Waals surface area contributed by atoms with Crippen LogP contribution < -0.4 is 10.9 Å². The van der Waals surface area contributed by atoms with Crippen LogP contribution in [0.2, 0.25) is 0 Å². The van der Waals surface area contributed by atoms with Gasteiger partial charge in [0, 0.05) is 18.4 Å². The van der Waals surface area contributed by atoms with Gasteiger partial charge in [-0.25, -0.2) is 4.98 Å². The third-order valence-electron chi connectivity index (χ3n) is 4.48. The van der Waals surface area contributed by atoms with Crippen molar-refractivity contribution in [3.05, 3.63) is 46.0 Å². The minimum atomic E-state index is -0.358. The van der Waals surface area contributed by atoms with Crippen LogP contribution in [-0.2, 0) is 0 Å². The highest BCUT2D eigenvalue weighted by atomic mass is 16.2. The van der Waals surface area contributed by atoms with E-state index in [0.29, 0.717) is 5.65 Å². The Labute approximate surface area is 148 Å². The van der Waals surface area contributed by atoms with Crippen molar-refractivity contribution in [3.63, 3.8) is 0 Å². The Balaban J connectivity index is 2.02. The van der Waals surface area contributed by atoms with Gasteiger partial charge in [-0.2, -0.15) is 0 Å². The van der Waals surface area contributed by atoms with Gasteiger partial charge >= 0.3 is 0 Å². The highest BCUT2D eigenvalue weighted by molar-refractivity contribution is 5.93. The van der Waals surface area contributed by atoms with Crippen molar-refractivity contribution in [1.82, 2.24) is 19.6 Å². The van der Waals surface area contributed by atoms with Gasteiger partial charge < -0.3 is 10.2 Å². The topological polar surface area (TPSA) is 66.7 Å². The lowest BCUT2D eigenvalue weighted by Gasteiger charge is -2.19. The van der Waals surface area contributed by atoms with Gasteiger partial charge in [-0.1, -0.05) is 19.9 Å². The van der Waals surface area contributed by atoms with E-state index in [-0.39, 0.29) is 23.1 Å². The molecular formula is C19H28N4O2. The fourth-order valence-corrected chi connectivity index (χ4v) is 2.87. The number of hydrogen-bond acceptors (Lipinski definition) is 4. The Morgan fingerprint density at radius 1 is 1.32 bits per heavy atom. The van der Waals surface area contributed by atoms with Crippen LogP contribution in [0.4, 0.5) is 0 Å². The maximum atomic E-state index is 12.5. The molecule has 0 aliphatic carbocycles. The number of nitrogens with one attached hydrogen (secondary N) is 1. The molecule has 1 atom stereocenters. The van der Waals surface area contributed by atoms with E-state index in [1.165, 1.54) is 10.6 Å². The third kappa shape index (κ3) is 4.89. The lowest BCUT2D eigenvalue weighted by atomic mass is 10.1. The van der Waals surface area contributed by atoms with Crippen molar-refractivity contribution in [2.45, 2.75) is 46.6 Å². The highest BCUT2D eigenvalue weighted by Crippen LogP contribution is 2.04. The number of fused-ring (bicyclic) bond motifs is 1. The fraction of sp³-hybridized carbons (Fsp3) is 0.526. The number of carbonyl (C=O) groups excluding carboxylic acids is 1. The summed E-state index contributed by atoms with van der Waals surface area (Å²) in [6.07, 6.45) is 4.96. The molecular weight excluding hydrogens is 316 g/mol. The number of pyridine rings is 1. The Morgan fingerprint density at radius 3 is 2.72 bits per heavy atom. The number of carbonyl (C=O) groups is 1. The second-order valence-corrected chi connectivity index (χ2v) is 6.46. The molecule has 2 rings (SSSR count). The normalized spacial score (nSPS) is 12.5. The number of rotatable bonds is 8. The molecule has 1 amide bonds. The first-order valence-corrected chi connectivity index (χ1v) is 8.97. The quantitative estimate of drug-likeness (QED) is 0.797. The monoisotopic (exact) mass is 344 g/mol. The second-order valence-electron chi connectivity index (χ2n) is 6.46. The fourth-order valence-electron chi connectivity index (χ4n) is 2.87. The van der Waals surface area contributed by atoms with Crippen LogP contribution in [0.3, 0.4) is 0 Å². The van der Waals surface area contributed by atoms with Gasteiger partial charge in [-0.3, -0.25) is 14.0 Å². The lowest BCUT2D eigenvalue weighted by Crippen LogP contribution is -2.37. The Morgan fingerprint density at radius 2 is 2.04 bits per heavy atom. The van der Waals surface area contributed by atoms with Gasteiger partial charge in [-0.05, 0) is 58.0 Å². The minimum absolute atomic E-state index is 0.0145. The lowest BCUT2D eigenvalue weighted by molar-refractivity contribution is 0.0935. The van der Waals surface area contributed by atoms with Crippen molar-refractivity contribution in [2.24, 2.45) is 0 Å². The van der Waals surface area contributed by atoms with Gasteiger partial charge in [0.1, 0.15) is 11.2 Å². The largest absolute Gasteiger partial charge is 0.349 e. The SMILES string of the molecule is CCN(CC)CCCC(C)NC(=O)c1cnc2ccc(C)cn2c1=O. The van der Waals surface area contributed by atoms with Crippen LogP contribution in [0.1, 0.15) is 49.5 Å². The summed E-state index contributed by atoms with van der Waals surface area (Å²) in [6.45, 7) is 11.3. The standard InChI is InChI=1S/C19H28N4O2/c1-5-22(6-2)11-7-8-15(4)21-18(24)16-12-20-17-10-9-14(3)13-23(17)19(16)25/h9-10,12-13,15H,5-8,11H2,1-4H3,(H,21,24). The smallest absolute Gasteiger partial charge is 0.270 e. The molecule has 0 spiro atoms. The van der Waals surface area contributed by atoms with Crippen molar-refractivity contribution in [2.75, 3.05) is 19.6 Å². The molecule has 2 aromatic rings. The Bertz CT molecular complexity index is 781. The van der Waals surface area contributed by atoms with E-state index in [4.69, 9.17) is 0 Å². The zero-order valence-electron chi connectivity index (χ0n) is 15.6. The first-order chi connectivity index (χ1) is 12.0. The summed E-state index contributed by atoms with van der Waals surface area (Å²) in [7, 11) is 0. The summed E-state index contributed by atoms with van der Waals surface area (Å²) in [5.74, 6) is -0.358. The molecule has 136 valence electrons. The predicted octanol–water partition coefficient (Wildman–Crippen LogP) is 2.24. The van der Waals surface area contributed by atoms with Gasteiger partial charge in [-0.15, -0.1) is 0 Å². The molecule has 2 heterocycles. The van der Waals surface area contributed by atoms with Crippen LogP contribution in [0.25, 0.3) is 5.65 Å². The summed E-state index contributed by atoms with van der Waals surface area (Å²) in [6, 6.07) is 3.67. The molecule has 0 bridgehead atoms. The minimum Gasteiger partial charge on any atom is -0.349 e. The van der Waals surface area contributed by atoms with Gasteiger partial charge in [0.25, 0.3) is 11.5 Å². The van der Waals surface area contributed by atoms with Crippen LogP contribution in [0.5, 0.6) is 0 Å².